The molecule has 0 aliphatic rings. The maximum Gasteiger partial charge on any atom is 0.294 e. The quantitative estimate of drug-likeness (QED) is 0.170. The number of ether oxygens (including phenoxy) is 1. The van der Waals surface area contributed by atoms with E-state index in [1.165, 1.54) is 24.5 Å². The number of allylic oxidation sites excluding steroid dienone is 1. The number of hydrogen-bond donors (Lipinski definition) is 1. The summed E-state index contributed by atoms with van der Waals surface area (Å²) in [5.74, 6) is 1.18. The number of unbranched alkanes of at least 4 members (excludes halogenated alkanes) is 2. The Morgan fingerprint density at radius 3 is 2.50 bits per heavy atom. The van der Waals surface area contributed by atoms with Crippen LogP contribution in [0.3, 0.4) is 0 Å². The van der Waals surface area contributed by atoms with Gasteiger partial charge in [0, 0.05) is 38.5 Å². The Morgan fingerprint density at radius 1 is 1.23 bits per heavy atom. The first-order valence-corrected chi connectivity index (χ1v) is 10.4. The summed E-state index contributed by atoms with van der Waals surface area (Å²) in [6, 6.07) is 3.21. The van der Waals surface area contributed by atoms with Crippen LogP contribution in [0.5, 0.6) is 5.75 Å². The lowest BCUT2D eigenvalue weighted by molar-refractivity contribution is -0.384. The van der Waals surface area contributed by atoms with Gasteiger partial charge in [0.05, 0.1) is 17.7 Å². The molecule has 0 fully saturated rings. The average Bonchev–Trinajstić information content (AvgIpc) is 2.70. The summed E-state index contributed by atoms with van der Waals surface area (Å²) in [7, 11) is 7.34. The molecule has 0 amide bonds. The molecular formula is C22H37N5O3. The molecule has 30 heavy (non-hydrogen) atoms. The van der Waals surface area contributed by atoms with Gasteiger partial charge in [-0.3, -0.25) is 10.1 Å². The number of nitrogens with one attached hydrogen (secondary N) is 1. The van der Waals surface area contributed by atoms with E-state index in [0.29, 0.717) is 29.5 Å². The summed E-state index contributed by atoms with van der Waals surface area (Å²) < 4.78 is 5.50. The lowest BCUT2D eigenvalue weighted by atomic mass is 10.1. The highest BCUT2D eigenvalue weighted by Crippen LogP contribution is 2.38. The van der Waals surface area contributed by atoms with E-state index in [1.807, 2.05) is 44.1 Å². The number of nitro benzene ring substituents is 1. The van der Waals surface area contributed by atoms with Crippen LogP contribution < -0.4 is 15.0 Å². The van der Waals surface area contributed by atoms with Crippen LogP contribution in [0.4, 0.5) is 17.1 Å². The molecule has 1 aromatic carbocycles. The van der Waals surface area contributed by atoms with E-state index in [1.54, 1.807) is 13.2 Å². The van der Waals surface area contributed by atoms with Crippen molar-refractivity contribution in [2.45, 2.75) is 46.5 Å². The topological polar surface area (TPSA) is 83.2 Å². The molecular weight excluding hydrogens is 382 g/mol. The van der Waals surface area contributed by atoms with Gasteiger partial charge in [-0.2, -0.15) is 0 Å². The Morgan fingerprint density at radius 2 is 1.93 bits per heavy atom. The molecule has 1 aromatic rings. The van der Waals surface area contributed by atoms with E-state index in [9.17, 15) is 10.1 Å². The van der Waals surface area contributed by atoms with Crippen molar-refractivity contribution < 1.29 is 9.66 Å². The van der Waals surface area contributed by atoms with E-state index >= 15 is 0 Å². The third kappa shape index (κ3) is 8.41. The molecule has 1 N–H and O–H groups in total. The summed E-state index contributed by atoms with van der Waals surface area (Å²) in [6.07, 6.45) is 6.43. The summed E-state index contributed by atoms with van der Waals surface area (Å²) in [4.78, 5) is 19.7. The van der Waals surface area contributed by atoms with Gasteiger partial charge in [0.2, 0.25) is 0 Å². The highest BCUT2D eigenvalue weighted by Gasteiger charge is 2.22. The van der Waals surface area contributed by atoms with Crippen LogP contribution in [0.1, 0.15) is 46.5 Å². The minimum atomic E-state index is -0.365. The van der Waals surface area contributed by atoms with E-state index in [4.69, 9.17) is 4.74 Å². The van der Waals surface area contributed by atoms with Gasteiger partial charge in [0.15, 0.2) is 0 Å². The van der Waals surface area contributed by atoms with Gasteiger partial charge >= 0.3 is 0 Å². The summed E-state index contributed by atoms with van der Waals surface area (Å²) in [5, 5.41) is 14.8. The zero-order valence-corrected chi connectivity index (χ0v) is 19.5. The number of anilines is 2. The van der Waals surface area contributed by atoms with Crippen LogP contribution in [0.2, 0.25) is 0 Å². The molecule has 0 aliphatic carbocycles. The van der Waals surface area contributed by atoms with Crippen molar-refractivity contribution >= 4 is 22.9 Å². The highest BCUT2D eigenvalue weighted by molar-refractivity contribution is 5.96. The normalized spacial score (nSPS) is 12.3. The lowest BCUT2D eigenvalue weighted by Gasteiger charge is -2.23. The fourth-order valence-electron chi connectivity index (χ4n) is 2.90. The minimum Gasteiger partial charge on any atom is -0.494 e. The van der Waals surface area contributed by atoms with Crippen LogP contribution >= 0.6 is 0 Å². The fraction of sp³-hybridized carbons (Fsp3) is 0.591. The van der Waals surface area contributed by atoms with Crippen LogP contribution in [0.25, 0.3) is 0 Å². The standard InChI is InChI=1S/C22H37N5O3/c1-8-9-10-11-17(2)16-23-18(3)24-19-14-21(27(28)29)20(15-22(19)30-7)26(6)13-12-25(4)5/h14-16H,8-13H2,1-7H3,(H,23,24)/b17-16-. The molecule has 0 spiro atoms. The van der Waals surface area contributed by atoms with Crippen LogP contribution in [0.15, 0.2) is 28.9 Å². The number of hydrogen-bond acceptors (Lipinski definition) is 6. The molecule has 0 atom stereocenters. The molecule has 1 rings (SSSR count). The number of aliphatic imine (C=N–C) groups is 1. The Labute approximate surface area is 180 Å². The predicted molar refractivity (Wildman–Crippen MR) is 126 cm³/mol. The average molecular weight is 420 g/mol. The fourth-order valence-corrected chi connectivity index (χ4v) is 2.90. The monoisotopic (exact) mass is 419 g/mol. The SMILES string of the molecule is CCCCC/C(C)=C\N=C(C)Nc1cc([N+](=O)[O-])c(N(C)CCN(C)C)cc1OC. The van der Waals surface area contributed by atoms with Crippen molar-refractivity contribution in [2.24, 2.45) is 4.99 Å². The molecule has 8 nitrogen and oxygen atoms in total. The summed E-state index contributed by atoms with van der Waals surface area (Å²) in [6.45, 7) is 7.52. The molecule has 0 unspecified atom stereocenters. The van der Waals surface area contributed by atoms with Gasteiger partial charge < -0.3 is 19.9 Å². The van der Waals surface area contributed by atoms with Gasteiger partial charge in [-0.15, -0.1) is 0 Å². The molecule has 0 bridgehead atoms. The minimum absolute atomic E-state index is 0.0265. The van der Waals surface area contributed by atoms with Gasteiger partial charge in [0.1, 0.15) is 17.3 Å². The molecule has 168 valence electrons. The van der Waals surface area contributed by atoms with Crippen molar-refractivity contribution in [1.29, 1.82) is 0 Å². The molecule has 0 aliphatic heterocycles. The van der Waals surface area contributed by atoms with Gasteiger partial charge in [-0.1, -0.05) is 25.3 Å². The third-order valence-electron chi connectivity index (χ3n) is 4.76. The summed E-state index contributed by atoms with van der Waals surface area (Å²) >= 11 is 0. The van der Waals surface area contributed by atoms with Gasteiger partial charge in [-0.05, 0) is 40.8 Å². The summed E-state index contributed by atoms with van der Waals surface area (Å²) in [5.41, 5.74) is 2.27. The number of likely N-dealkylation sites (N-methyl/N-ethyl adjacent to an activating group) is 2. The molecule has 0 heterocycles. The van der Waals surface area contributed by atoms with Crippen LogP contribution in [-0.4, -0.2) is 57.0 Å². The first-order valence-electron chi connectivity index (χ1n) is 10.4. The van der Waals surface area contributed by atoms with Gasteiger partial charge in [0.25, 0.3) is 5.69 Å². The van der Waals surface area contributed by atoms with Crippen LogP contribution in [0, 0.1) is 10.1 Å². The number of methoxy groups -OCH3 is 1. The zero-order chi connectivity index (χ0) is 22.7. The third-order valence-corrected chi connectivity index (χ3v) is 4.76. The second-order valence-corrected chi connectivity index (χ2v) is 7.80. The van der Waals surface area contributed by atoms with Gasteiger partial charge in [-0.25, -0.2) is 4.99 Å². The van der Waals surface area contributed by atoms with Crippen molar-refractivity contribution in [1.82, 2.24) is 4.90 Å². The Balaban J connectivity index is 3.09. The van der Waals surface area contributed by atoms with Crippen molar-refractivity contribution in [2.75, 3.05) is 51.6 Å². The lowest BCUT2D eigenvalue weighted by Crippen LogP contribution is -2.29. The van der Waals surface area contributed by atoms with Crippen LogP contribution in [-0.2, 0) is 0 Å². The van der Waals surface area contributed by atoms with E-state index < -0.39 is 0 Å². The van der Waals surface area contributed by atoms with Crippen molar-refractivity contribution in [3.05, 3.63) is 34.0 Å². The first kappa shape index (κ1) is 25.4. The number of benzene rings is 1. The zero-order valence-electron chi connectivity index (χ0n) is 19.5. The molecule has 0 saturated carbocycles. The molecule has 8 heteroatoms. The second kappa shape index (κ2) is 12.8. The molecule has 0 aromatic heterocycles. The van der Waals surface area contributed by atoms with E-state index in [2.05, 4.69) is 24.2 Å². The predicted octanol–water partition coefficient (Wildman–Crippen LogP) is 4.92. The highest BCUT2D eigenvalue weighted by atomic mass is 16.6. The van der Waals surface area contributed by atoms with Crippen molar-refractivity contribution in [3.63, 3.8) is 0 Å². The smallest absolute Gasteiger partial charge is 0.294 e. The molecule has 0 radical (unpaired) electrons. The first-order chi connectivity index (χ1) is 14.2. The van der Waals surface area contributed by atoms with E-state index in [-0.39, 0.29) is 10.6 Å². The Kier molecular flexibility index (Phi) is 10.9. The number of nitrogens with zero attached hydrogens (tertiary/aromatic N) is 4. The Bertz CT molecular complexity index is 759. The maximum absolute atomic E-state index is 11.7. The number of rotatable bonds is 12. The molecule has 0 saturated heterocycles. The largest absolute Gasteiger partial charge is 0.494 e. The number of nitro groups is 1. The maximum atomic E-state index is 11.7. The number of amidine groups is 1. The Hall–Kier alpha value is -2.61. The second-order valence-electron chi connectivity index (χ2n) is 7.80. The van der Waals surface area contributed by atoms with Crippen molar-refractivity contribution in [3.8, 4) is 5.75 Å². The van der Waals surface area contributed by atoms with E-state index in [0.717, 1.165) is 19.4 Å².